The van der Waals surface area contributed by atoms with Gasteiger partial charge in [-0.25, -0.2) is 0 Å². The van der Waals surface area contributed by atoms with Crippen LogP contribution in [0.4, 0.5) is 0 Å². The van der Waals surface area contributed by atoms with Gasteiger partial charge in [0.05, 0.1) is 0 Å². The SMILES string of the molecule is NC(=S)S.ON1CCCC1. The summed E-state index contributed by atoms with van der Waals surface area (Å²) in [6.45, 7) is 1.75. The first-order valence-electron chi connectivity index (χ1n) is 3.05. The molecule has 0 unspecified atom stereocenters. The second kappa shape index (κ2) is 5.91. The van der Waals surface area contributed by atoms with Crippen molar-refractivity contribution in [3.05, 3.63) is 0 Å². The van der Waals surface area contributed by atoms with Crippen molar-refractivity contribution in [2.75, 3.05) is 13.1 Å². The van der Waals surface area contributed by atoms with Gasteiger partial charge >= 0.3 is 0 Å². The molecule has 0 aliphatic carbocycles. The summed E-state index contributed by atoms with van der Waals surface area (Å²) in [5, 5.41) is 9.92. The van der Waals surface area contributed by atoms with Crippen molar-refractivity contribution < 1.29 is 5.21 Å². The summed E-state index contributed by atoms with van der Waals surface area (Å²) in [4.78, 5) is 0. The zero-order valence-corrected chi connectivity index (χ0v) is 7.37. The van der Waals surface area contributed by atoms with Crippen LogP contribution in [0.3, 0.4) is 0 Å². The van der Waals surface area contributed by atoms with E-state index in [1.54, 1.807) is 0 Å². The molecule has 0 radical (unpaired) electrons. The lowest BCUT2D eigenvalue weighted by atomic mass is 10.4. The van der Waals surface area contributed by atoms with Crippen LogP contribution in [0.1, 0.15) is 12.8 Å². The van der Waals surface area contributed by atoms with Crippen molar-refractivity contribution in [2.24, 2.45) is 5.73 Å². The van der Waals surface area contributed by atoms with Gasteiger partial charge in [-0.1, -0.05) is 12.2 Å². The molecule has 0 aromatic heterocycles. The quantitative estimate of drug-likeness (QED) is 0.378. The van der Waals surface area contributed by atoms with Gasteiger partial charge in [-0.3, -0.25) is 0 Å². The molecule has 1 fully saturated rings. The van der Waals surface area contributed by atoms with E-state index in [9.17, 15) is 0 Å². The summed E-state index contributed by atoms with van der Waals surface area (Å²) in [7, 11) is 0. The molecule has 1 rings (SSSR count). The zero-order valence-electron chi connectivity index (χ0n) is 5.66. The van der Waals surface area contributed by atoms with Gasteiger partial charge in [0, 0.05) is 13.1 Å². The molecule has 0 aromatic rings. The Morgan fingerprint density at radius 2 is 1.80 bits per heavy atom. The molecule has 1 heterocycles. The molecule has 0 amide bonds. The fourth-order valence-electron chi connectivity index (χ4n) is 0.700. The molecule has 3 N–H and O–H groups in total. The molecule has 1 aliphatic rings. The summed E-state index contributed by atoms with van der Waals surface area (Å²) in [5.41, 5.74) is 4.71. The lowest BCUT2D eigenvalue weighted by Crippen LogP contribution is -2.11. The predicted molar refractivity (Wildman–Crippen MR) is 48.4 cm³/mol. The second-order valence-electron chi connectivity index (χ2n) is 2.00. The molecular weight excluding hydrogens is 168 g/mol. The van der Waals surface area contributed by atoms with Gasteiger partial charge in [-0.05, 0) is 12.8 Å². The van der Waals surface area contributed by atoms with E-state index in [4.69, 9.17) is 10.9 Å². The first kappa shape index (κ1) is 10.2. The third-order valence-electron chi connectivity index (χ3n) is 1.08. The van der Waals surface area contributed by atoms with Crippen LogP contribution in [0, 0.1) is 0 Å². The van der Waals surface area contributed by atoms with Gasteiger partial charge in [-0.2, -0.15) is 5.06 Å². The Bertz CT molecular complexity index is 99.8. The van der Waals surface area contributed by atoms with E-state index >= 15 is 0 Å². The average Bonchev–Trinajstić information content (AvgIpc) is 2.15. The smallest absolute Gasteiger partial charge is 0.128 e. The maximum absolute atomic E-state index is 8.56. The van der Waals surface area contributed by atoms with Crippen molar-refractivity contribution in [3.63, 3.8) is 0 Å². The van der Waals surface area contributed by atoms with Crippen molar-refractivity contribution in [2.45, 2.75) is 12.8 Å². The Balaban J connectivity index is 0.000000180. The lowest BCUT2D eigenvalue weighted by Gasteiger charge is -1.99. The van der Waals surface area contributed by atoms with Crippen LogP contribution in [-0.4, -0.2) is 27.7 Å². The molecule has 10 heavy (non-hydrogen) atoms. The summed E-state index contributed by atoms with van der Waals surface area (Å²) in [5.74, 6) is 0. The van der Waals surface area contributed by atoms with E-state index < -0.39 is 0 Å². The fourth-order valence-corrected chi connectivity index (χ4v) is 0.700. The first-order valence-corrected chi connectivity index (χ1v) is 3.90. The molecule has 3 nitrogen and oxygen atoms in total. The van der Waals surface area contributed by atoms with Gasteiger partial charge in [-0.15, -0.1) is 12.6 Å². The summed E-state index contributed by atoms with van der Waals surface area (Å²) in [6.07, 6.45) is 2.33. The summed E-state index contributed by atoms with van der Waals surface area (Å²) < 4.78 is 0.194. The Morgan fingerprint density at radius 3 is 1.90 bits per heavy atom. The molecule has 0 spiro atoms. The topological polar surface area (TPSA) is 49.5 Å². The Labute approximate surface area is 71.6 Å². The third-order valence-corrected chi connectivity index (χ3v) is 1.08. The largest absolute Gasteiger partial charge is 0.385 e. The van der Waals surface area contributed by atoms with E-state index in [1.165, 1.54) is 5.06 Å². The molecule has 1 saturated heterocycles. The molecule has 60 valence electrons. The van der Waals surface area contributed by atoms with Crippen LogP contribution in [0.2, 0.25) is 0 Å². The minimum Gasteiger partial charge on any atom is -0.385 e. The predicted octanol–water partition coefficient (Wildman–Crippen LogP) is 0.631. The molecule has 1 aliphatic heterocycles. The average molecular weight is 180 g/mol. The minimum atomic E-state index is 0.194. The van der Waals surface area contributed by atoms with Gasteiger partial charge in [0.1, 0.15) is 4.32 Å². The van der Waals surface area contributed by atoms with E-state index in [0.29, 0.717) is 0 Å². The van der Waals surface area contributed by atoms with Crippen molar-refractivity contribution in [1.82, 2.24) is 5.06 Å². The highest BCUT2D eigenvalue weighted by Gasteiger charge is 2.05. The number of nitrogens with zero attached hydrogens (tertiary/aromatic N) is 1. The number of nitrogens with two attached hydrogens (primary N) is 1. The number of hydroxylamine groups is 2. The van der Waals surface area contributed by atoms with Crippen molar-refractivity contribution in [1.29, 1.82) is 0 Å². The Hall–Kier alpha value is 0.160. The number of hydrogen-bond acceptors (Lipinski definition) is 3. The summed E-state index contributed by atoms with van der Waals surface area (Å²) >= 11 is 7.65. The van der Waals surface area contributed by atoms with Crippen LogP contribution in [-0.2, 0) is 0 Å². The van der Waals surface area contributed by atoms with E-state index in [0.717, 1.165) is 25.9 Å². The maximum Gasteiger partial charge on any atom is 0.128 e. The Kier molecular flexibility index (Phi) is 6.00. The molecule has 0 bridgehead atoms. The van der Waals surface area contributed by atoms with Gasteiger partial charge < -0.3 is 10.9 Å². The van der Waals surface area contributed by atoms with Crippen LogP contribution in [0.25, 0.3) is 0 Å². The number of hydrogen-bond donors (Lipinski definition) is 3. The van der Waals surface area contributed by atoms with Gasteiger partial charge in [0.25, 0.3) is 0 Å². The standard InChI is InChI=1S/C4H9NO.CH3NS2/c6-5-3-1-2-4-5;2-1(3)4/h6H,1-4H2;(H3,2,3,4). The fraction of sp³-hybridized carbons (Fsp3) is 0.800. The van der Waals surface area contributed by atoms with E-state index in [1.807, 2.05) is 0 Å². The maximum atomic E-state index is 8.56. The van der Waals surface area contributed by atoms with E-state index in [2.05, 4.69) is 24.8 Å². The number of thiocarbonyl (C=S) groups is 1. The molecule has 0 saturated carbocycles. The molecular formula is C5H12N2OS2. The number of thiol groups is 1. The van der Waals surface area contributed by atoms with Gasteiger partial charge in [0.2, 0.25) is 0 Å². The highest BCUT2D eigenvalue weighted by molar-refractivity contribution is 8.10. The van der Waals surface area contributed by atoms with Gasteiger partial charge in [0.15, 0.2) is 0 Å². The Morgan fingerprint density at radius 1 is 1.50 bits per heavy atom. The summed E-state index contributed by atoms with van der Waals surface area (Å²) in [6, 6.07) is 0. The van der Waals surface area contributed by atoms with Crippen LogP contribution in [0.5, 0.6) is 0 Å². The van der Waals surface area contributed by atoms with Crippen LogP contribution in [0.15, 0.2) is 0 Å². The molecule has 0 aromatic carbocycles. The lowest BCUT2D eigenvalue weighted by molar-refractivity contribution is -0.0678. The highest BCUT2D eigenvalue weighted by Crippen LogP contribution is 2.01. The highest BCUT2D eigenvalue weighted by atomic mass is 32.1. The normalized spacial score (nSPS) is 17.8. The van der Waals surface area contributed by atoms with Crippen LogP contribution < -0.4 is 5.73 Å². The first-order chi connectivity index (χ1) is 4.63. The molecule has 0 atom stereocenters. The second-order valence-corrected chi connectivity index (χ2v) is 3.22. The third kappa shape index (κ3) is 8.16. The molecule has 5 heteroatoms. The number of rotatable bonds is 0. The van der Waals surface area contributed by atoms with Crippen molar-refractivity contribution in [3.8, 4) is 0 Å². The van der Waals surface area contributed by atoms with Crippen LogP contribution >= 0.6 is 24.8 Å². The zero-order chi connectivity index (χ0) is 7.98. The minimum absolute atomic E-state index is 0.194. The van der Waals surface area contributed by atoms with E-state index in [-0.39, 0.29) is 4.32 Å². The van der Waals surface area contributed by atoms with Crippen molar-refractivity contribution >= 4 is 29.2 Å². The monoisotopic (exact) mass is 180 g/mol.